The number of likely N-dealkylation sites (tertiary alicyclic amines) is 1. The molecule has 7 nitrogen and oxygen atoms in total. The van der Waals surface area contributed by atoms with Crippen molar-refractivity contribution in [2.24, 2.45) is 0 Å². The Hall–Kier alpha value is -2.96. The highest BCUT2D eigenvalue weighted by atomic mass is 16.2. The molecule has 1 aliphatic heterocycles. The van der Waals surface area contributed by atoms with Crippen molar-refractivity contribution >= 4 is 16.7 Å². The van der Waals surface area contributed by atoms with Crippen molar-refractivity contribution in [3.63, 3.8) is 0 Å². The fourth-order valence-electron chi connectivity index (χ4n) is 3.35. The van der Waals surface area contributed by atoms with Crippen molar-refractivity contribution in [3.8, 4) is 0 Å². The van der Waals surface area contributed by atoms with E-state index in [0.29, 0.717) is 29.4 Å². The molecule has 1 amide bonds. The van der Waals surface area contributed by atoms with Crippen molar-refractivity contribution in [1.29, 1.82) is 0 Å². The minimum atomic E-state index is -0.180. The van der Waals surface area contributed by atoms with Crippen LogP contribution in [0.3, 0.4) is 0 Å². The molecule has 0 spiro atoms. The van der Waals surface area contributed by atoms with Crippen molar-refractivity contribution in [3.05, 3.63) is 58.5 Å². The second-order valence-corrected chi connectivity index (χ2v) is 6.04. The number of nitrogens with one attached hydrogen (secondary N) is 2. The first kappa shape index (κ1) is 14.6. The van der Waals surface area contributed by atoms with Crippen LogP contribution in [0.5, 0.6) is 0 Å². The maximum atomic E-state index is 13.0. The third kappa shape index (κ3) is 2.47. The maximum absolute atomic E-state index is 13.0. The van der Waals surface area contributed by atoms with Gasteiger partial charge in [0.15, 0.2) is 0 Å². The molecule has 4 rings (SSSR count). The van der Waals surface area contributed by atoms with E-state index in [1.165, 1.54) is 12.5 Å². The predicted molar refractivity (Wildman–Crippen MR) is 88.8 cm³/mol. The van der Waals surface area contributed by atoms with Gasteiger partial charge in [-0.05, 0) is 18.9 Å². The summed E-state index contributed by atoms with van der Waals surface area (Å²) in [7, 11) is 0. The van der Waals surface area contributed by atoms with Crippen molar-refractivity contribution in [2.45, 2.75) is 18.8 Å². The molecule has 3 aromatic rings. The Kier molecular flexibility index (Phi) is 3.60. The molecule has 1 aromatic carbocycles. The summed E-state index contributed by atoms with van der Waals surface area (Å²) in [4.78, 5) is 33.7. The minimum absolute atomic E-state index is 0.0633. The zero-order chi connectivity index (χ0) is 16.5. The van der Waals surface area contributed by atoms with Crippen molar-refractivity contribution < 1.29 is 4.79 Å². The first-order chi connectivity index (χ1) is 11.7. The number of pyridine rings is 1. The predicted octanol–water partition coefficient (Wildman–Crippen LogP) is 1.67. The molecule has 3 heterocycles. The third-order valence-corrected chi connectivity index (χ3v) is 4.57. The van der Waals surface area contributed by atoms with E-state index in [2.05, 4.69) is 20.2 Å². The molecule has 122 valence electrons. The van der Waals surface area contributed by atoms with Crippen LogP contribution in [0, 0.1) is 0 Å². The number of carbonyl (C=O) groups is 1. The third-order valence-electron chi connectivity index (χ3n) is 4.57. The molecule has 1 aliphatic rings. The molecule has 1 saturated heterocycles. The lowest BCUT2D eigenvalue weighted by Crippen LogP contribution is -2.39. The van der Waals surface area contributed by atoms with Crippen LogP contribution in [-0.2, 0) is 0 Å². The normalized spacial score (nSPS) is 18.0. The van der Waals surface area contributed by atoms with Gasteiger partial charge in [-0.15, -0.1) is 0 Å². The van der Waals surface area contributed by atoms with Crippen LogP contribution < -0.4 is 5.56 Å². The van der Waals surface area contributed by atoms with Crippen LogP contribution >= 0.6 is 0 Å². The van der Waals surface area contributed by atoms with Crippen molar-refractivity contribution in [1.82, 2.24) is 25.1 Å². The largest absolute Gasteiger partial charge is 0.338 e. The van der Waals surface area contributed by atoms with Gasteiger partial charge in [-0.25, -0.2) is 4.98 Å². The van der Waals surface area contributed by atoms with Gasteiger partial charge in [-0.3, -0.25) is 14.7 Å². The Morgan fingerprint density at radius 3 is 2.88 bits per heavy atom. The smallest absolute Gasteiger partial charge is 0.255 e. The van der Waals surface area contributed by atoms with E-state index in [1.807, 2.05) is 17.0 Å². The molecule has 0 saturated carbocycles. The van der Waals surface area contributed by atoms with E-state index in [-0.39, 0.29) is 17.4 Å². The Labute approximate surface area is 137 Å². The van der Waals surface area contributed by atoms with Crippen LogP contribution in [0.25, 0.3) is 10.8 Å². The van der Waals surface area contributed by atoms with Crippen LogP contribution in [0.15, 0.2) is 41.6 Å². The topological polar surface area (TPSA) is 94.7 Å². The molecule has 2 N–H and O–H groups in total. The van der Waals surface area contributed by atoms with E-state index < -0.39 is 0 Å². The number of hydrogen-bond acceptors (Lipinski definition) is 4. The zero-order valence-corrected chi connectivity index (χ0v) is 13.0. The molecule has 2 aromatic heterocycles. The number of piperidine rings is 1. The summed E-state index contributed by atoms with van der Waals surface area (Å²) in [5, 5.41) is 8.02. The SMILES string of the molecule is O=C(c1c[nH]c(=O)c2ccccc12)N1CCCC(c2ncn[nH]2)C1. The van der Waals surface area contributed by atoms with Gasteiger partial charge in [0.2, 0.25) is 0 Å². The summed E-state index contributed by atoms with van der Waals surface area (Å²) >= 11 is 0. The Morgan fingerprint density at radius 1 is 1.25 bits per heavy atom. The summed E-state index contributed by atoms with van der Waals surface area (Å²) in [6.45, 7) is 1.30. The number of fused-ring (bicyclic) bond motifs is 1. The van der Waals surface area contributed by atoms with Gasteiger partial charge in [-0.2, -0.15) is 5.10 Å². The summed E-state index contributed by atoms with van der Waals surface area (Å²) < 4.78 is 0. The van der Waals surface area contributed by atoms with E-state index in [0.717, 1.165) is 18.7 Å². The lowest BCUT2D eigenvalue weighted by atomic mass is 9.96. The lowest BCUT2D eigenvalue weighted by molar-refractivity contribution is 0.0706. The van der Waals surface area contributed by atoms with Gasteiger partial charge in [0, 0.05) is 36.0 Å². The van der Waals surface area contributed by atoms with Crippen LogP contribution in [0.1, 0.15) is 34.9 Å². The first-order valence-electron chi connectivity index (χ1n) is 7.99. The number of rotatable bonds is 2. The van der Waals surface area contributed by atoms with Crippen LogP contribution in [0.4, 0.5) is 0 Å². The average molecular weight is 323 g/mol. The summed E-state index contributed by atoms with van der Waals surface area (Å²) in [5.74, 6) is 0.921. The van der Waals surface area contributed by atoms with Gasteiger partial charge >= 0.3 is 0 Å². The van der Waals surface area contributed by atoms with Gasteiger partial charge < -0.3 is 9.88 Å². The number of aromatic amines is 2. The molecule has 7 heteroatoms. The zero-order valence-electron chi connectivity index (χ0n) is 13.0. The summed E-state index contributed by atoms with van der Waals surface area (Å²) in [5.41, 5.74) is 0.351. The molecule has 0 radical (unpaired) electrons. The van der Waals surface area contributed by atoms with Crippen LogP contribution in [-0.4, -0.2) is 44.1 Å². The van der Waals surface area contributed by atoms with E-state index in [9.17, 15) is 9.59 Å². The van der Waals surface area contributed by atoms with Crippen molar-refractivity contribution in [2.75, 3.05) is 13.1 Å². The van der Waals surface area contributed by atoms with Gasteiger partial charge in [-0.1, -0.05) is 18.2 Å². The standard InChI is InChI=1S/C17H17N5O2/c23-16-13-6-2-1-5-12(13)14(8-18-16)17(24)22-7-3-4-11(9-22)15-19-10-20-21-15/h1-2,5-6,8,10-11H,3-4,7,9H2,(H,18,23)(H,19,20,21). The number of aromatic nitrogens is 4. The Bertz CT molecular complexity index is 932. The molecular weight excluding hydrogens is 306 g/mol. The maximum Gasteiger partial charge on any atom is 0.255 e. The number of hydrogen-bond donors (Lipinski definition) is 2. The number of benzene rings is 1. The highest BCUT2D eigenvalue weighted by Gasteiger charge is 2.28. The fraction of sp³-hybridized carbons (Fsp3) is 0.294. The van der Waals surface area contributed by atoms with Gasteiger partial charge in [0.05, 0.1) is 5.56 Å². The van der Waals surface area contributed by atoms with E-state index >= 15 is 0 Å². The van der Waals surface area contributed by atoms with E-state index in [4.69, 9.17) is 0 Å². The molecule has 1 atom stereocenters. The van der Waals surface area contributed by atoms with Gasteiger partial charge in [0.1, 0.15) is 12.2 Å². The Balaban J connectivity index is 1.66. The highest BCUT2D eigenvalue weighted by molar-refractivity contribution is 6.06. The second kappa shape index (κ2) is 5.92. The Morgan fingerprint density at radius 2 is 2.08 bits per heavy atom. The number of carbonyl (C=O) groups excluding carboxylic acids is 1. The molecule has 1 unspecified atom stereocenters. The second-order valence-electron chi connectivity index (χ2n) is 6.04. The summed E-state index contributed by atoms with van der Waals surface area (Å²) in [6, 6.07) is 7.19. The summed E-state index contributed by atoms with van der Waals surface area (Å²) in [6.07, 6.45) is 4.90. The molecule has 0 bridgehead atoms. The number of H-pyrrole nitrogens is 2. The van der Waals surface area contributed by atoms with E-state index in [1.54, 1.807) is 12.1 Å². The number of nitrogens with zero attached hydrogens (tertiary/aromatic N) is 3. The molecule has 1 fully saturated rings. The molecule has 0 aliphatic carbocycles. The number of amides is 1. The van der Waals surface area contributed by atoms with Gasteiger partial charge in [0.25, 0.3) is 11.5 Å². The monoisotopic (exact) mass is 323 g/mol. The minimum Gasteiger partial charge on any atom is -0.338 e. The highest BCUT2D eigenvalue weighted by Crippen LogP contribution is 2.26. The first-order valence-corrected chi connectivity index (χ1v) is 7.99. The molecular formula is C17H17N5O2. The average Bonchev–Trinajstić information content (AvgIpc) is 3.17. The fourth-order valence-corrected chi connectivity index (χ4v) is 3.35. The lowest BCUT2D eigenvalue weighted by Gasteiger charge is -2.32. The molecule has 24 heavy (non-hydrogen) atoms. The van der Waals surface area contributed by atoms with Crippen LogP contribution in [0.2, 0.25) is 0 Å². The quantitative estimate of drug-likeness (QED) is 0.750.